The number of benzene rings is 1. The summed E-state index contributed by atoms with van der Waals surface area (Å²) in [5.41, 5.74) is 1.00. The molecule has 0 aliphatic rings. The lowest BCUT2D eigenvalue weighted by atomic mass is 9.95. The lowest BCUT2D eigenvalue weighted by Gasteiger charge is -2.28. The van der Waals surface area contributed by atoms with Gasteiger partial charge in [0.15, 0.2) is 11.6 Å². The van der Waals surface area contributed by atoms with Crippen LogP contribution in [-0.2, 0) is 0 Å². The van der Waals surface area contributed by atoms with Gasteiger partial charge in [-0.15, -0.1) is 0 Å². The second-order valence-electron chi connectivity index (χ2n) is 4.68. The van der Waals surface area contributed by atoms with Crippen LogP contribution >= 0.6 is 0 Å². The van der Waals surface area contributed by atoms with Crippen molar-refractivity contribution in [3.63, 3.8) is 0 Å². The summed E-state index contributed by atoms with van der Waals surface area (Å²) in [5.74, 6) is 2.68. The fourth-order valence-electron chi connectivity index (χ4n) is 1.62. The summed E-state index contributed by atoms with van der Waals surface area (Å²) in [4.78, 5) is 12.0. The van der Waals surface area contributed by atoms with Crippen LogP contribution in [0.25, 0.3) is 0 Å². The van der Waals surface area contributed by atoms with Gasteiger partial charge < -0.3 is 10.7 Å². The van der Waals surface area contributed by atoms with Gasteiger partial charge in [-0.2, -0.15) is 0 Å². The van der Waals surface area contributed by atoms with Gasteiger partial charge in [-0.25, -0.2) is 8.78 Å². The Morgan fingerprint density at radius 3 is 2.11 bits per heavy atom. The van der Waals surface area contributed by atoms with Crippen molar-refractivity contribution in [2.24, 2.45) is 5.84 Å². The topological polar surface area (TPSA) is 67.2 Å². The fourth-order valence-corrected chi connectivity index (χ4v) is 1.62. The van der Waals surface area contributed by atoms with Crippen LogP contribution in [0.2, 0.25) is 0 Å². The zero-order valence-corrected chi connectivity index (χ0v) is 11.3. The molecule has 0 unspecified atom stereocenters. The molecular weight excluding hydrogens is 252 g/mol. The first-order valence-corrected chi connectivity index (χ1v) is 6.15. The Hall–Kier alpha value is -1.69. The molecule has 106 valence electrons. The average molecular weight is 271 g/mol. The van der Waals surface area contributed by atoms with Gasteiger partial charge in [0, 0.05) is 11.1 Å². The fraction of sp³-hybridized carbons (Fsp3) is 0.462. The predicted molar refractivity (Wildman–Crippen MR) is 70.6 cm³/mol. The molecule has 0 saturated heterocycles. The highest BCUT2D eigenvalue weighted by molar-refractivity contribution is 5.95. The molecule has 0 atom stereocenters. The van der Waals surface area contributed by atoms with Crippen molar-refractivity contribution in [2.75, 3.05) is 5.43 Å². The van der Waals surface area contributed by atoms with Crippen LogP contribution in [0.5, 0.6) is 0 Å². The van der Waals surface area contributed by atoms with Crippen molar-refractivity contribution in [1.82, 2.24) is 5.32 Å². The van der Waals surface area contributed by atoms with Crippen LogP contribution in [0.3, 0.4) is 0 Å². The van der Waals surface area contributed by atoms with Crippen LogP contribution in [0.1, 0.15) is 44.0 Å². The van der Waals surface area contributed by atoms with E-state index >= 15 is 0 Å². The van der Waals surface area contributed by atoms with Gasteiger partial charge in [0.05, 0.1) is 0 Å². The molecule has 1 amide bonds. The molecule has 0 radical (unpaired) electrons. The first-order valence-electron chi connectivity index (χ1n) is 6.15. The van der Waals surface area contributed by atoms with E-state index in [9.17, 15) is 13.6 Å². The third-order valence-electron chi connectivity index (χ3n) is 3.42. The van der Waals surface area contributed by atoms with Crippen molar-refractivity contribution in [3.8, 4) is 0 Å². The standard InChI is InChI=1S/C13H19F2N3O/c1-4-13(3,5-2)17-12(19)8-6-9(14)11(18-16)10(15)7-8/h6-7,18H,4-5,16H2,1-3H3,(H,17,19). The summed E-state index contributed by atoms with van der Waals surface area (Å²) in [6.45, 7) is 5.76. The van der Waals surface area contributed by atoms with Gasteiger partial charge >= 0.3 is 0 Å². The van der Waals surface area contributed by atoms with Crippen molar-refractivity contribution >= 4 is 11.6 Å². The summed E-state index contributed by atoms with van der Waals surface area (Å²) in [6, 6.07) is 1.92. The van der Waals surface area contributed by atoms with Crippen LogP contribution < -0.4 is 16.6 Å². The highest BCUT2D eigenvalue weighted by Crippen LogP contribution is 2.21. The molecule has 0 heterocycles. The number of anilines is 1. The van der Waals surface area contributed by atoms with Crippen LogP contribution in [0.4, 0.5) is 14.5 Å². The van der Waals surface area contributed by atoms with Gasteiger partial charge in [0.1, 0.15) is 5.69 Å². The summed E-state index contributed by atoms with van der Waals surface area (Å²) in [7, 11) is 0. The van der Waals surface area contributed by atoms with Crippen molar-refractivity contribution in [1.29, 1.82) is 0 Å². The van der Waals surface area contributed by atoms with Gasteiger partial charge in [-0.05, 0) is 31.9 Å². The van der Waals surface area contributed by atoms with Crippen molar-refractivity contribution in [3.05, 3.63) is 29.3 Å². The number of nitrogens with two attached hydrogens (primary N) is 1. The molecule has 0 bridgehead atoms. The summed E-state index contributed by atoms with van der Waals surface area (Å²) < 4.78 is 27.0. The SMILES string of the molecule is CCC(C)(CC)NC(=O)c1cc(F)c(NN)c(F)c1. The Kier molecular flexibility index (Phi) is 4.83. The molecule has 1 rings (SSSR count). The zero-order chi connectivity index (χ0) is 14.6. The lowest BCUT2D eigenvalue weighted by molar-refractivity contribution is 0.0900. The van der Waals surface area contributed by atoms with Crippen LogP contribution in [0.15, 0.2) is 12.1 Å². The van der Waals surface area contributed by atoms with E-state index in [1.807, 2.05) is 26.2 Å². The number of hydrogen-bond acceptors (Lipinski definition) is 3. The molecule has 1 aromatic rings. The van der Waals surface area contributed by atoms with Crippen molar-refractivity contribution < 1.29 is 13.6 Å². The first kappa shape index (κ1) is 15.4. The molecule has 0 spiro atoms. The number of halogens is 2. The van der Waals surface area contributed by atoms with Gasteiger partial charge in [0.25, 0.3) is 5.91 Å². The summed E-state index contributed by atoms with van der Waals surface area (Å²) in [5, 5.41) is 2.78. The largest absolute Gasteiger partial charge is 0.347 e. The summed E-state index contributed by atoms with van der Waals surface area (Å²) >= 11 is 0. The second kappa shape index (κ2) is 5.97. The number of nitrogens with one attached hydrogen (secondary N) is 2. The number of amides is 1. The number of carbonyl (C=O) groups excluding carboxylic acids is 1. The van der Waals surface area contributed by atoms with Crippen molar-refractivity contribution in [2.45, 2.75) is 39.2 Å². The highest BCUT2D eigenvalue weighted by atomic mass is 19.1. The minimum atomic E-state index is -0.901. The summed E-state index contributed by atoms with van der Waals surface area (Å²) in [6.07, 6.45) is 1.45. The van der Waals surface area contributed by atoms with Gasteiger partial charge in [-0.3, -0.25) is 10.6 Å². The van der Waals surface area contributed by atoms with E-state index in [0.29, 0.717) is 0 Å². The molecular formula is C13H19F2N3O. The minimum absolute atomic E-state index is 0.0675. The van der Waals surface area contributed by atoms with E-state index in [-0.39, 0.29) is 5.56 Å². The number of nitrogen functional groups attached to an aromatic ring is 1. The third-order valence-corrected chi connectivity index (χ3v) is 3.42. The molecule has 0 aromatic heterocycles. The number of hydrogen-bond donors (Lipinski definition) is 3. The quantitative estimate of drug-likeness (QED) is 0.569. The third kappa shape index (κ3) is 3.41. The van der Waals surface area contributed by atoms with E-state index < -0.39 is 28.8 Å². The lowest BCUT2D eigenvalue weighted by Crippen LogP contribution is -2.45. The normalized spacial score (nSPS) is 11.3. The Bertz CT molecular complexity index is 450. The molecule has 4 nitrogen and oxygen atoms in total. The molecule has 0 saturated carbocycles. The second-order valence-corrected chi connectivity index (χ2v) is 4.68. The maximum atomic E-state index is 13.5. The van der Waals surface area contributed by atoms with E-state index in [2.05, 4.69) is 5.32 Å². The molecule has 19 heavy (non-hydrogen) atoms. The molecule has 4 N–H and O–H groups in total. The number of rotatable bonds is 5. The Balaban J connectivity index is 3.02. The smallest absolute Gasteiger partial charge is 0.251 e. The molecule has 0 aliphatic heterocycles. The minimum Gasteiger partial charge on any atom is -0.347 e. The monoisotopic (exact) mass is 271 g/mol. The maximum absolute atomic E-state index is 13.5. The predicted octanol–water partition coefficient (Wildman–Crippen LogP) is 2.56. The van der Waals surface area contributed by atoms with Crippen LogP contribution in [0, 0.1) is 11.6 Å². The highest BCUT2D eigenvalue weighted by Gasteiger charge is 2.23. The molecule has 0 fully saturated rings. The first-order chi connectivity index (χ1) is 8.86. The number of carbonyl (C=O) groups is 1. The Labute approximate surface area is 111 Å². The average Bonchev–Trinajstić information content (AvgIpc) is 2.38. The van der Waals surface area contributed by atoms with Gasteiger partial charge in [-0.1, -0.05) is 13.8 Å². The maximum Gasteiger partial charge on any atom is 0.251 e. The number of hydrazine groups is 1. The zero-order valence-electron chi connectivity index (χ0n) is 11.3. The Morgan fingerprint density at radius 1 is 1.26 bits per heavy atom. The van der Waals surface area contributed by atoms with Crippen LogP contribution in [-0.4, -0.2) is 11.4 Å². The van der Waals surface area contributed by atoms with E-state index in [0.717, 1.165) is 25.0 Å². The molecule has 1 aromatic carbocycles. The van der Waals surface area contributed by atoms with E-state index in [4.69, 9.17) is 5.84 Å². The van der Waals surface area contributed by atoms with Gasteiger partial charge in [0.2, 0.25) is 0 Å². The Morgan fingerprint density at radius 2 is 1.74 bits per heavy atom. The van der Waals surface area contributed by atoms with E-state index in [1.54, 1.807) is 0 Å². The molecule has 0 aliphatic carbocycles. The molecule has 6 heteroatoms. The van der Waals surface area contributed by atoms with E-state index in [1.165, 1.54) is 0 Å².